The van der Waals surface area contributed by atoms with Crippen LogP contribution in [-0.4, -0.2) is 72.5 Å². The molecule has 2 saturated heterocycles. The molecule has 0 radical (unpaired) electrons. The van der Waals surface area contributed by atoms with Crippen LogP contribution >= 0.6 is 11.6 Å². The molecule has 2 fully saturated rings. The minimum absolute atomic E-state index is 0.144. The SMILES string of the molecule is C=C(c1ccc(Cl)c(F)c1)N1CCC(N2CCN(c3ccc(/C(N)=N/C)nc3C)C[C@@H]2CC)CC1. The van der Waals surface area contributed by atoms with E-state index in [0.29, 0.717) is 17.9 Å². The van der Waals surface area contributed by atoms with Crippen molar-refractivity contribution in [1.29, 1.82) is 0 Å². The number of hydrogen-bond donors (Lipinski definition) is 1. The number of aryl methyl sites for hydroxylation is 1. The Balaban J connectivity index is 1.37. The molecule has 0 saturated carbocycles. The maximum atomic E-state index is 13.9. The summed E-state index contributed by atoms with van der Waals surface area (Å²) in [6.07, 6.45) is 3.26. The number of aromatic nitrogens is 1. The Kier molecular flexibility index (Phi) is 7.97. The molecule has 2 N–H and O–H groups in total. The number of likely N-dealkylation sites (tertiary alicyclic amines) is 1. The molecule has 2 aliphatic rings. The largest absolute Gasteiger partial charge is 0.382 e. The van der Waals surface area contributed by atoms with Gasteiger partial charge in [-0.3, -0.25) is 9.89 Å². The average Bonchev–Trinajstić information content (AvgIpc) is 2.89. The lowest BCUT2D eigenvalue weighted by atomic mass is 9.97. The summed E-state index contributed by atoms with van der Waals surface area (Å²) in [7, 11) is 1.68. The standard InChI is InChI=1S/C27H36ClFN6/c1-5-21-17-34(26-9-8-25(27(30)31-4)32-18(26)2)14-15-35(21)22-10-12-33(13-11-22)19(3)20-6-7-23(28)24(29)16-20/h6-9,16,21-22H,3,5,10-15,17H2,1-2,4H3,(H2,30,31)/t21-/m0/s1. The third-order valence-corrected chi connectivity index (χ3v) is 7.78. The number of benzene rings is 1. The molecule has 2 aliphatic heterocycles. The van der Waals surface area contributed by atoms with E-state index in [1.54, 1.807) is 13.1 Å². The topological polar surface area (TPSA) is 61.0 Å². The lowest BCUT2D eigenvalue weighted by Gasteiger charge is -2.48. The van der Waals surface area contributed by atoms with Crippen LogP contribution in [0.25, 0.3) is 5.70 Å². The number of pyridine rings is 1. The zero-order chi connectivity index (χ0) is 25.1. The van der Waals surface area contributed by atoms with Gasteiger partial charge in [-0.05, 0) is 50.5 Å². The van der Waals surface area contributed by atoms with Gasteiger partial charge in [0, 0.05) is 63.1 Å². The van der Waals surface area contributed by atoms with Crippen LogP contribution in [0.2, 0.25) is 5.02 Å². The Labute approximate surface area is 213 Å². The van der Waals surface area contributed by atoms with Crippen molar-refractivity contribution in [3.8, 4) is 0 Å². The predicted octanol–water partition coefficient (Wildman–Crippen LogP) is 4.55. The Morgan fingerprint density at radius 3 is 2.57 bits per heavy atom. The van der Waals surface area contributed by atoms with Crippen molar-refractivity contribution in [3.63, 3.8) is 0 Å². The molecule has 6 nitrogen and oxygen atoms in total. The molecule has 0 spiro atoms. The summed E-state index contributed by atoms with van der Waals surface area (Å²) in [5.41, 5.74) is 10.5. The van der Waals surface area contributed by atoms with Crippen LogP contribution in [0, 0.1) is 12.7 Å². The van der Waals surface area contributed by atoms with Crippen LogP contribution in [0.3, 0.4) is 0 Å². The molecule has 0 bridgehead atoms. The Hall–Kier alpha value is -2.64. The number of rotatable bonds is 6. The number of aliphatic imine (C=N–C) groups is 1. The van der Waals surface area contributed by atoms with Crippen molar-refractivity contribution in [3.05, 3.63) is 64.7 Å². The van der Waals surface area contributed by atoms with Gasteiger partial charge in [0.15, 0.2) is 0 Å². The van der Waals surface area contributed by atoms with Gasteiger partial charge in [0.25, 0.3) is 0 Å². The molecule has 3 heterocycles. The lowest BCUT2D eigenvalue weighted by molar-refractivity contribution is 0.0768. The lowest BCUT2D eigenvalue weighted by Crippen LogP contribution is -2.58. The summed E-state index contributed by atoms with van der Waals surface area (Å²) in [5, 5.41) is 0.144. The number of nitrogens with two attached hydrogens (primary N) is 1. The normalized spacial score (nSPS) is 20.4. The first-order valence-electron chi connectivity index (χ1n) is 12.4. The minimum Gasteiger partial charge on any atom is -0.382 e. The number of hydrogen-bond acceptors (Lipinski definition) is 5. The number of piperidine rings is 1. The maximum Gasteiger partial charge on any atom is 0.144 e. The molecule has 0 aliphatic carbocycles. The van der Waals surface area contributed by atoms with Gasteiger partial charge in [-0.2, -0.15) is 0 Å². The number of anilines is 1. The smallest absolute Gasteiger partial charge is 0.144 e. The van der Waals surface area contributed by atoms with E-state index in [4.69, 9.17) is 17.3 Å². The second-order valence-electron chi connectivity index (χ2n) is 9.45. The van der Waals surface area contributed by atoms with E-state index in [-0.39, 0.29) is 5.02 Å². The van der Waals surface area contributed by atoms with Crippen LogP contribution in [-0.2, 0) is 0 Å². The Morgan fingerprint density at radius 1 is 1.20 bits per heavy atom. The second-order valence-corrected chi connectivity index (χ2v) is 9.86. The fourth-order valence-electron chi connectivity index (χ4n) is 5.40. The fourth-order valence-corrected chi connectivity index (χ4v) is 5.52. The summed E-state index contributed by atoms with van der Waals surface area (Å²) in [4.78, 5) is 16.2. The van der Waals surface area contributed by atoms with E-state index in [2.05, 4.69) is 44.2 Å². The van der Waals surface area contributed by atoms with Crippen LogP contribution in [0.4, 0.5) is 10.1 Å². The van der Waals surface area contributed by atoms with Gasteiger partial charge in [0.2, 0.25) is 0 Å². The first-order valence-corrected chi connectivity index (χ1v) is 12.8. The highest BCUT2D eigenvalue weighted by Crippen LogP contribution is 2.30. The first kappa shape index (κ1) is 25.5. The van der Waals surface area contributed by atoms with E-state index in [0.717, 1.165) is 74.6 Å². The number of amidine groups is 1. The van der Waals surface area contributed by atoms with E-state index in [1.165, 1.54) is 11.8 Å². The zero-order valence-corrected chi connectivity index (χ0v) is 21.7. The number of halogens is 2. The summed E-state index contributed by atoms with van der Waals surface area (Å²) < 4.78 is 13.9. The average molecular weight is 499 g/mol. The highest BCUT2D eigenvalue weighted by atomic mass is 35.5. The van der Waals surface area contributed by atoms with Gasteiger partial charge in [-0.15, -0.1) is 0 Å². The number of piperazine rings is 1. The molecule has 0 unspecified atom stereocenters. The van der Waals surface area contributed by atoms with Gasteiger partial charge in [0.05, 0.1) is 16.4 Å². The van der Waals surface area contributed by atoms with Crippen molar-refractivity contribution in [2.75, 3.05) is 44.7 Å². The summed E-state index contributed by atoms with van der Waals surface area (Å²) >= 11 is 5.85. The van der Waals surface area contributed by atoms with Crippen molar-refractivity contribution in [2.45, 2.75) is 45.2 Å². The molecular weight excluding hydrogens is 463 g/mol. The van der Waals surface area contributed by atoms with Gasteiger partial charge < -0.3 is 15.5 Å². The van der Waals surface area contributed by atoms with Gasteiger partial charge in [-0.25, -0.2) is 9.37 Å². The molecule has 35 heavy (non-hydrogen) atoms. The van der Waals surface area contributed by atoms with Crippen LogP contribution < -0.4 is 10.6 Å². The molecule has 188 valence electrons. The molecule has 0 amide bonds. The maximum absolute atomic E-state index is 13.9. The van der Waals surface area contributed by atoms with Crippen molar-refractivity contribution >= 4 is 28.8 Å². The van der Waals surface area contributed by atoms with Crippen LogP contribution in [0.15, 0.2) is 41.9 Å². The monoisotopic (exact) mass is 498 g/mol. The third kappa shape index (κ3) is 5.46. The molecule has 2 aromatic rings. The molecule has 8 heteroatoms. The predicted molar refractivity (Wildman–Crippen MR) is 144 cm³/mol. The molecular formula is C27H36ClFN6. The van der Waals surface area contributed by atoms with E-state index < -0.39 is 5.82 Å². The highest BCUT2D eigenvalue weighted by Gasteiger charge is 2.34. The molecule has 4 rings (SSSR count). The van der Waals surface area contributed by atoms with Gasteiger partial charge in [0.1, 0.15) is 17.3 Å². The van der Waals surface area contributed by atoms with E-state index >= 15 is 0 Å². The molecule has 1 atom stereocenters. The number of nitrogens with zero attached hydrogens (tertiary/aromatic N) is 5. The molecule has 1 aromatic carbocycles. The first-order chi connectivity index (χ1) is 16.8. The van der Waals surface area contributed by atoms with E-state index in [9.17, 15) is 4.39 Å². The Bertz CT molecular complexity index is 1100. The van der Waals surface area contributed by atoms with Crippen molar-refractivity contribution in [1.82, 2.24) is 14.8 Å². The summed E-state index contributed by atoms with van der Waals surface area (Å²) in [5.74, 6) is 0.0667. The minimum atomic E-state index is -0.397. The summed E-state index contributed by atoms with van der Waals surface area (Å²) in [6, 6.07) is 10.1. The van der Waals surface area contributed by atoms with Crippen LogP contribution in [0.1, 0.15) is 43.1 Å². The van der Waals surface area contributed by atoms with Gasteiger partial charge >= 0.3 is 0 Å². The fraction of sp³-hybridized carbons (Fsp3) is 0.481. The quantitative estimate of drug-likeness (QED) is 0.467. The Morgan fingerprint density at radius 2 is 1.94 bits per heavy atom. The second kappa shape index (κ2) is 11.0. The van der Waals surface area contributed by atoms with E-state index in [1.807, 2.05) is 19.1 Å². The highest BCUT2D eigenvalue weighted by molar-refractivity contribution is 6.30. The van der Waals surface area contributed by atoms with Crippen molar-refractivity contribution < 1.29 is 4.39 Å². The van der Waals surface area contributed by atoms with Gasteiger partial charge in [-0.1, -0.05) is 31.2 Å². The summed E-state index contributed by atoms with van der Waals surface area (Å²) in [6.45, 7) is 13.4. The zero-order valence-electron chi connectivity index (χ0n) is 21.0. The van der Waals surface area contributed by atoms with Crippen molar-refractivity contribution in [2.24, 2.45) is 10.7 Å². The third-order valence-electron chi connectivity index (χ3n) is 7.47. The molecule has 1 aromatic heterocycles. The van der Waals surface area contributed by atoms with Crippen LogP contribution in [0.5, 0.6) is 0 Å².